The van der Waals surface area contributed by atoms with Gasteiger partial charge in [-0.25, -0.2) is 0 Å². The van der Waals surface area contributed by atoms with E-state index in [1.54, 1.807) is 38.4 Å². The van der Waals surface area contributed by atoms with E-state index in [9.17, 15) is 4.79 Å². The molecule has 6 heteroatoms. The van der Waals surface area contributed by atoms with Gasteiger partial charge in [0.2, 0.25) is 5.91 Å². The second kappa shape index (κ2) is 6.22. The molecule has 0 radical (unpaired) electrons. The van der Waals surface area contributed by atoms with Crippen LogP contribution in [0.25, 0.3) is 0 Å². The number of hydrogen-bond acceptors (Lipinski definition) is 4. The van der Waals surface area contributed by atoms with E-state index in [2.05, 4.69) is 0 Å². The molecule has 0 aliphatic carbocycles. The summed E-state index contributed by atoms with van der Waals surface area (Å²) in [6.07, 6.45) is 0.377. The molecule has 0 saturated carbocycles. The Morgan fingerprint density at radius 2 is 1.80 bits per heavy atom. The van der Waals surface area contributed by atoms with E-state index in [1.807, 2.05) is 0 Å². The number of carbonyl (C=O) groups excluding carboxylic acids is 1. The Labute approximate surface area is 123 Å². The van der Waals surface area contributed by atoms with Crippen LogP contribution in [0.1, 0.15) is 12.0 Å². The Hall–Kier alpha value is -1.62. The summed E-state index contributed by atoms with van der Waals surface area (Å²) in [6.45, 7) is 0.955. The van der Waals surface area contributed by atoms with Crippen LogP contribution in [0.15, 0.2) is 12.1 Å². The maximum Gasteiger partial charge on any atom is 0.224 e. The second-order valence-electron chi connectivity index (χ2n) is 4.59. The van der Waals surface area contributed by atoms with Gasteiger partial charge in [-0.2, -0.15) is 0 Å². The van der Waals surface area contributed by atoms with Crippen molar-refractivity contribution < 1.29 is 19.0 Å². The molecule has 1 aliphatic heterocycles. The molecule has 1 saturated heterocycles. The lowest BCUT2D eigenvalue weighted by Gasteiger charge is -2.20. The summed E-state index contributed by atoms with van der Waals surface area (Å²) in [6, 6.07) is 3.55. The lowest BCUT2D eigenvalue weighted by molar-refractivity contribution is -0.128. The zero-order valence-corrected chi connectivity index (χ0v) is 12.6. The van der Waals surface area contributed by atoms with Crippen molar-refractivity contribution in [3.63, 3.8) is 0 Å². The summed E-state index contributed by atoms with van der Waals surface area (Å²) in [5.74, 6) is 1.95. The zero-order chi connectivity index (χ0) is 14.7. The topological polar surface area (TPSA) is 48.0 Å². The Morgan fingerprint density at radius 3 is 2.20 bits per heavy atom. The zero-order valence-electron chi connectivity index (χ0n) is 11.8. The van der Waals surface area contributed by atoms with E-state index in [-0.39, 0.29) is 11.3 Å². The number of methoxy groups -OCH3 is 3. The van der Waals surface area contributed by atoms with Crippen molar-refractivity contribution in [1.82, 2.24) is 4.90 Å². The van der Waals surface area contributed by atoms with Crippen molar-refractivity contribution >= 4 is 17.5 Å². The first-order chi connectivity index (χ1) is 9.58. The van der Waals surface area contributed by atoms with Crippen molar-refractivity contribution in [2.45, 2.75) is 18.3 Å². The average molecular weight is 300 g/mol. The highest BCUT2D eigenvalue weighted by Gasteiger charge is 2.29. The third-order valence-corrected chi connectivity index (χ3v) is 3.63. The standard InChI is InChI=1S/C14H18ClNO4/c1-18-10-5-12(19-2)11(13(6-10)20-3)8-16-7-9(15)4-14(16)17/h5-6,9H,4,7-8H2,1-3H3. The van der Waals surface area contributed by atoms with E-state index in [0.717, 1.165) is 5.56 Å². The number of carbonyl (C=O) groups is 1. The average Bonchev–Trinajstić information content (AvgIpc) is 2.76. The number of rotatable bonds is 5. The summed E-state index contributed by atoms with van der Waals surface area (Å²) in [7, 11) is 4.73. The van der Waals surface area contributed by atoms with Gasteiger partial charge in [-0.3, -0.25) is 4.79 Å². The predicted octanol–water partition coefficient (Wildman–Crippen LogP) is 2.05. The fourth-order valence-corrected chi connectivity index (χ4v) is 2.60. The molecule has 1 unspecified atom stereocenters. The number of hydrogen-bond donors (Lipinski definition) is 0. The molecule has 2 rings (SSSR count). The molecule has 1 aliphatic rings. The van der Waals surface area contributed by atoms with Gasteiger partial charge in [-0.15, -0.1) is 11.6 Å². The molecule has 1 heterocycles. The lowest BCUT2D eigenvalue weighted by Crippen LogP contribution is -2.25. The molecule has 5 nitrogen and oxygen atoms in total. The predicted molar refractivity (Wildman–Crippen MR) is 75.8 cm³/mol. The van der Waals surface area contributed by atoms with Crippen molar-refractivity contribution in [3.8, 4) is 17.2 Å². The molecule has 1 amide bonds. The molecule has 110 valence electrons. The first-order valence-electron chi connectivity index (χ1n) is 6.29. The molecule has 1 fully saturated rings. The SMILES string of the molecule is COc1cc(OC)c(CN2CC(Cl)CC2=O)c(OC)c1. The third-order valence-electron chi connectivity index (χ3n) is 3.33. The van der Waals surface area contributed by atoms with Crippen molar-refractivity contribution in [1.29, 1.82) is 0 Å². The molecule has 0 aromatic heterocycles. The maximum atomic E-state index is 11.8. The minimum Gasteiger partial charge on any atom is -0.496 e. The van der Waals surface area contributed by atoms with Gasteiger partial charge in [0.05, 0.1) is 38.8 Å². The molecule has 0 spiro atoms. The minimum atomic E-state index is -0.127. The molecule has 1 aromatic rings. The number of ether oxygens (including phenoxy) is 3. The normalized spacial score (nSPS) is 18.3. The van der Waals surface area contributed by atoms with Crippen molar-refractivity contribution in [3.05, 3.63) is 17.7 Å². The number of nitrogens with zero attached hydrogens (tertiary/aromatic N) is 1. The Kier molecular flexibility index (Phi) is 4.60. The van der Waals surface area contributed by atoms with Crippen LogP contribution in [0.3, 0.4) is 0 Å². The highest BCUT2D eigenvalue weighted by atomic mass is 35.5. The summed E-state index contributed by atoms with van der Waals surface area (Å²) in [4.78, 5) is 13.6. The van der Waals surface area contributed by atoms with Crippen molar-refractivity contribution in [2.24, 2.45) is 0 Å². The summed E-state index contributed by atoms with van der Waals surface area (Å²) in [5.41, 5.74) is 0.815. The van der Waals surface area contributed by atoms with Crippen LogP contribution in [-0.4, -0.2) is 44.1 Å². The quantitative estimate of drug-likeness (QED) is 0.781. The number of alkyl halides is 1. The van der Waals surface area contributed by atoms with E-state index in [4.69, 9.17) is 25.8 Å². The van der Waals surface area contributed by atoms with Gasteiger partial charge in [0, 0.05) is 25.1 Å². The van der Waals surface area contributed by atoms with Gasteiger partial charge in [-0.05, 0) is 0 Å². The highest BCUT2D eigenvalue weighted by molar-refractivity contribution is 6.22. The smallest absolute Gasteiger partial charge is 0.224 e. The van der Waals surface area contributed by atoms with Crippen LogP contribution in [0, 0.1) is 0 Å². The summed E-state index contributed by atoms with van der Waals surface area (Å²) in [5, 5.41) is -0.127. The lowest BCUT2D eigenvalue weighted by atomic mass is 10.1. The van der Waals surface area contributed by atoms with Gasteiger partial charge in [0.15, 0.2) is 0 Å². The molecule has 20 heavy (non-hydrogen) atoms. The number of likely N-dealkylation sites (tertiary alicyclic amines) is 1. The summed E-state index contributed by atoms with van der Waals surface area (Å²) < 4.78 is 15.9. The van der Waals surface area contributed by atoms with Gasteiger partial charge in [-0.1, -0.05) is 0 Å². The van der Waals surface area contributed by atoms with Gasteiger partial charge < -0.3 is 19.1 Å². The Morgan fingerprint density at radius 1 is 1.20 bits per heavy atom. The molecular formula is C14H18ClNO4. The maximum absolute atomic E-state index is 11.8. The monoisotopic (exact) mass is 299 g/mol. The molecule has 0 N–H and O–H groups in total. The van der Waals surface area contributed by atoms with E-state index >= 15 is 0 Å². The van der Waals surface area contributed by atoms with Crippen LogP contribution in [0.2, 0.25) is 0 Å². The number of halogens is 1. The van der Waals surface area contributed by atoms with Gasteiger partial charge in [0.1, 0.15) is 17.2 Å². The second-order valence-corrected chi connectivity index (χ2v) is 5.20. The molecule has 0 bridgehead atoms. The summed E-state index contributed by atoms with van der Waals surface area (Å²) >= 11 is 6.02. The van der Waals surface area contributed by atoms with Gasteiger partial charge in [0.25, 0.3) is 0 Å². The van der Waals surface area contributed by atoms with Crippen molar-refractivity contribution in [2.75, 3.05) is 27.9 Å². The van der Waals surface area contributed by atoms with E-state index in [0.29, 0.717) is 36.8 Å². The fourth-order valence-electron chi connectivity index (χ4n) is 2.30. The van der Waals surface area contributed by atoms with Crippen LogP contribution >= 0.6 is 11.6 Å². The van der Waals surface area contributed by atoms with E-state index < -0.39 is 0 Å². The highest BCUT2D eigenvalue weighted by Crippen LogP contribution is 2.35. The Balaban J connectivity index is 2.32. The largest absolute Gasteiger partial charge is 0.496 e. The van der Waals surface area contributed by atoms with Crippen LogP contribution in [-0.2, 0) is 11.3 Å². The Bertz CT molecular complexity index is 481. The number of amides is 1. The van der Waals surface area contributed by atoms with Crippen LogP contribution in [0.5, 0.6) is 17.2 Å². The molecule has 1 atom stereocenters. The first-order valence-corrected chi connectivity index (χ1v) is 6.73. The minimum absolute atomic E-state index is 0.0462. The number of benzene rings is 1. The fraction of sp³-hybridized carbons (Fsp3) is 0.500. The molecule has 1 aromatic carbocycles. The van der Waals surface area contributed by atoms with Crippen LogP contribution in [0.4, 0.5) is 0 Å². The first kappa shape index (κ1) is 14.8. The third kappa shape index (κ3) is 2.93. The molecular weight excluding hydrogens is 282 g/mol. The van der Waals surface area contributed by atoms with E-state index in [1.165, 1.54) is 0 Å². The van der Waals surface area contributed by atoms with Crippen LogP contribution < -0.4 is 14.2 Å². The van der Waals surface area contributed by atoms with Gasteiger partial charge >= 0.3 is 0 Å².